The Morgan fingerprint density at radius 2 is 1.84 bits per heavy atom. The highest BCUT2D eigenvalue weighted by atomic mass is 32.2. The molecule has 0 saturated carbocycles. The molecule has 0 atom stereocenters. The quantitative estimate of drug-likeness (QED) is 0.379. The number of H-pyrrole nitrogens is 1. The second kappa shape index (κ2) is 9.79. The van der Waals surface area contributed by atoms with Crippen LogP contribution in [0.2, 0.25) is 0 Å². The number of carbonyl (C=O) groups excluding carboxylic acids is 1. The van der Waals surface area contributed by atoms with Crippen molar-refractivity contribution in [3.8, 4) is 17.4 Å². The van der Waals surface area contributed by atoms with Gasteiger partial charge in [0.1, 0.15) is 11.5 Å². The van der Waals surface area contributed by atoms with Crippen LogP contribution < -0.4 is 10.9 Å². The van der Waals surface area contributed by atoms with Crippen molar-refractivity contribution in [1.29, 1.82) is 0 Å². The summed E-state index contributed by atoms with van der Waals surface area (Å²) in [5, 5.41) is 7.28. The van der Waals surface area contributed by atoms with Gasteiger partial charge in [-0.05, 0) is 55.2 Å². The van der Waals surface area contributed by atoms with Crippen LogP contribution in [0, 0.1) is 0 Å². The summed E-state index contributed by atoms with van der Waals surface area (Å²) in [5.74, 6) is 0.354. The van der Waals surface area contributed by atoms with E-state index in [0.717, 1.165) is 12.8 Å². The van der Waals surface area contributed by atoms with E-state index < -0.39 is 15.9 Å². The van der Waals surface area contributed by atoms with Crippen molar-refractivity contribution in [2.75, 3.05) is 18.4 Å². The number of aromatic nitrogens is 4. The molecule has 0 aliphatic carbocycles. The van der Waals surface area contributed by atoms with Gasteiger partial charge in [-0.1, -0.05) is 13.8 Å². The van der Waals surface area contributed by atoms with Crippen molar-refractivity contribution in [2.45, 2.75) is 37.5 Å². The first kappa shape index (κ1) is 24.7. The fourth-order valence-corrected chi connectivity index (χ4v) is 5.60. The number of hydrogen-bond donors (Lipinski definition) is 2. The molecule has 0 radical (unpaired) electrons. The van der Waals surface area contributed by atoms with Gasteiger partial charge in [-0.3, -0.25) is 14.6 Å². The van der Waals surface area contributed by atoms with E-state index in [1.54, 1.807) is 18.2 Å². The SMILES string of the molecule is CC(C)c1cc(=O)[nH]c(-n2nc(-c3ccco3)cc2NC(=O)c2ccc(S(=O)(=O)N3CCCC3)cc2)n1. The molecular formula is C25H26N6O5S. The largest absolute Gasteiger partial charge is 0.463 e. The van der Waals surface area contributed by atoms with Gasteiger partial charge in [-0.25, -0.2) is 13.4 Å². The molecule has 11 nitrogen and oxygen atoms in total. The highest BCUT2D eigenvalue weighted by molar-refractivity contribution is 7.89. The van der Waals surface area contributed by atoms with Gasteiger partial charge in [-0.15, -0.1) is 0 Å². The number of hydrogen-bond acceptors (Lipinski definition) is 7. The summed E-state index contributed by atoms with van der Waals surface area (Å²) >= 11 is 0. The third-order valence-corrected chi connectivity index (χ3v) is 8.00. The topological polar surface area (TPSA) is 143 Å². The molecule has 4 aromatic rings. The van der Waals surface area contributed by atoms with Crippen molar-refractivity contribution in [2.24, 2.45) is 0 Å². The number of aromatic amines is 1. The lowest BCUT2D eigenvalue weighted by Gasteiger charge is -2.15. The Balaban J connectivity index is 1.47. The van der Waals surface area contributed by atoms with Crippen LogP contribution in [0.5, 0.6) is 0 Å². The standard InChI is InChI=1S/C25H26N6O5S/c1-16(2)19-15-23(32)28-25(26-19)31-22(14-20(29-31)21-6-5-13-36-21)27-24(33)17-7-9-18(10-8-17)37(34,35)30-11-3-4-12-30/h5-10,13-16H,3-4,11-12H2,1-2H3,(H,27,33)(H,26,28,32). The molecule has 3 aromatic heterocycles. The molecule has 4 heterocycles. The molecule has 0 spiro atoms. The molecule has 12 heteroatoms. The van der Waals surface area contributed by atoms with Gasteiger partial charge >= 0.3 is 0 Å². The highest BCUT2D eigenvalue weighted by Gasteiger charge is 2.27. The number of amides is 1. The molecule has 1 fully saturated rings. The van der Waals surface area contributed by atoms with Gasteiger partial charge in [0.25, 0.3) is 11.5 Å². The van der Waals surface area contributed by atoms with Gasteiger partial charge < -0.3 is 9.73 Å². The summed E-state index contributed by atoms with van der Waals surface area (Å²) in [7, 11) is -3.58. The lowest BCUT2D eigenvalue weighted by atomic mass is 10.1. The Hall–Kier alpha value is -4.03. The zero-order chi connectivity index (χ0) is 26.2. The maximum absolute atomic E-state index is 13.1. The monoisotopic (exact) mass is 522 g/mol. The van der Waals surface area contributed by atoms with Gasteiger partial charge in [-0.2, -0.15) is 14.1 Å². The van der Waals surface area contributed by atoms with Crippen LogP contribution in [0.4, 0.5) is 5.82 Å². The second-order valence-electron chi connectivity index (χ2n) is 9.04. The number of furan rings is 1. The average molecular weight is 523 g/mol. The number of anilines is 1. The maximum atomic E-state index is 13.1. The molecule has 5 rings (SSSR count). The number of nitrogens with zero attached hydrogens (tertiary/aromatic N) is 4. The first-order valence-corrected chi connectivity index (χ1v) is 13.3. The van der Waals surface area contributed by atoms with Crippen LogP contribution in [-0.2, 0) is 10.0 Å². The summed E-state index contributed by atoms with van der Waals surface area (Å²) in [5.41, 5.74) is 0.895. The highest BCUT2D eigenvalue weighted by Crippen LogP contribution is 2.26. The molecule has 0 unspecified atom stereocenters. The molecule has 1 aliphatic rings. The number of sulfonamides is 1. The third-order valence-electron chi connectivity index (χ3n) is 6.09. The lowest BCUT2D eigenvalue weighted by molar-refractivity contribution is 0.102. The Bertz CT molecular complexity index is 1580. The fourth-order valence-electron chi connectivity index (χ4n) is 4.08. The van der Waals surface area contributed by atoms with E-state index >= 15 is 0 Å². The van der Waals surface area contributed by atoms with Crippen LogP contribution in [-0.4, -0.2) is 51.5 Å². The molecule has 1 aliphatic heterocycles. The first-order chi connectivity index (χ1) is 17.7. The summed E-state index contributed by atoms with van der Waals surface area (Å²) in [6.07, 6.45) is 3.19. The first-order valence-electron chi connectivity index (χ1n) is 11.9. The van der Waals surface area contributed by atoms with Crippen molar-refractivity contribution in [3.05, 3.63) is 76.4 Å². The number of carbonyl (C=O) groups is 1. The van der Waals surface area contributed by atoms with E-state index in [2.05, 4.69) is 20.4 Å². The predicted octanol–water partition coefficient (Wildman–Crippen LogP) is 3.38. The van der Waals surface area contributed by atoms with E-state index in [1.165, 1.54) is 45.6 Å². The van der Waals surface area contributed by atoms with E-state index in [0.29, 0.717) is 30.2 Å². The molecule has 0 bridgehead atoms. The molecule has 1 saturated heterocycles. The Morgan fingerprint density at radius 1 is 1.11 bits per heavy atom. The maximum Gasteiger partial charge on any atom is 0.256 e. The van der Waals surface area contributed by atoms with Gasteiger partial charge in [0.15, 0.2) is 5.76 Å². The molecule has 37 heavy (non-hydrogen) atoms. The minimum absolute atomic E-state index is 0.00505. The lowest BCUT2D eigenvalue weighted by Crippen LogP contribution is -2.27. The smallest absolute Gasteiger partial charge is 0.256 e. The minimum Gasteiger partial charge on any atom is -0.463 e. The third kappa shape index (κ3) is 4.98. The zero-order valence-electron chi connectivity index (χ0n) is 20.3. The summed E-state index contributed by atoms with van der Waals surface area (Å²) in [4.78, 5) is 32.7. The van der Waals surface area contributed by atoms with E-state index in [-0.39, 0.29) is 33.7 Å². The van der Waals surface area contributed by atoms with Crippen molar-refractivity contribution in [3.63, 3.8) is 0 Å². The normalized spacial score (nSPS) is 14.4. The van der Waals surface area contributed by atoms with Crippen LogP contribution in [0.1, 0.15) is 48.7 Å². The number of benzene rings is 1. The zero-order valence-corrected chi connectivity index (χ0v) is 21.2. The molecule has 192 valence electrons. The van der Waals surface area contributed by atoms with Crippen LogP contribution in [0.15, 0.2) is 68.9 Å². The van der Waals surface area contributed by atoms with Gasteiger partial charge in [0.05, 0.1) is 16.9 Å². The van der Waals surface area contributed by atoms with Crippen molar-refractivity contribution in [1.82, 2.24) is 24.1 Å². The van der Waals surface area contributed by atoms with Gasteiger partial charge in [0.2, 0.25) is 16.0 Å². The van der Waals surface area contributed by atoms with Crippen LogP contribution >= 0.6 is 0 Å². The second-order valence-corrected chi connectivity index (χ2v) is 11.0. The van der Waals surface area contributed by atoms with E-state index in [9.17, 15) is 18.0 Å². The number of rotatable bonds is 7. The van der Waals surface area contributed by atoms with E-state index in [4.69, 9.17) is 4.42 Å². The van der Waals surface area contributed by atoms with Crippen molar-refractivity contribution >= 4 is 21.7 Å². The summed E-state index contributed by atoms with van der Waals surface area (Å²) in [6.45, 7) is 4.83. The van der Waals surface area contributed by atoms with Crippen molar-refractivity contribution < 1.29 is 17.6 Å². The molecule has 1 amide bonds. The van der Waals surface area contributed by atoms with Gasteiger partial charge in [0, 0.05) is 30.8 Å². The average Bonchev–Trinajstić information content (AvgIpc) is 3.66. The Kier molecular flexibility index (Phi) is 6.52. The van der Waals surface area contributed by atoms with Crippen LogP contribution in [0.3, 0.4) is 0 Å². The Morgan fingerprint density at radius 3 is 2.49 bits per heavy atom. The molecule has 2 N–H and O–H groups in total. The fraction of sp³-hybridized carbons (Fsp3) is 0.280. The van der Waals surface area contributed by atoms with Crippen LogP contribution in [0.25, 0.3) is 17.4 Å². The summed E-state index contributed by atoms with van der Waals surface area (Å²) in [6, 6.07) is 12.2. The predicted molar refractivity (Wildman–Crippen MR) is 136 cm³/mol. The molecule has 1 aromatic carbocycles. The molecular weight excluding hydrogens is 496 g/mol. The minimum atomic E-state index is -3.58. The summed E-state index contributed by atoms with van der Waals surface area (Å²) < 4.78 is 33.8. The van der Waals surface area contributed by atoms with E-state index in [1.807, 2.05) is 13.8 Å². The number of nitrogens with one attached hydrogen (secondary N) is 2. The Labute approximate surface area is 213 Å².